The minimum atomic E-state index is -0.383. The molecule has 5 rings (SSSR count). The Hall–Kier alpha value is -3.39. The average molecular weight is 409 g/mol. The highest BCUT2D eigenvalue weighted by Crippen LogP contribution is 2.43. The molecule has 146 valence electrons. The van der Waals surface area contributed by atoms with E-state index in [0.29, 0.717) is 22.5 Å². The van der Waals surface area contributed by atoms with Gasteiger partial charge in [-0.25, -0.2) is 14.6 Å². The van der Waals surface area contributed by atoms with Crippen molar-refractivity contribution in [2.24, 2.45) is 0 Å². The molecule has 0 spiro atoms. The monoisotopic (exact) mass is 408 g/mol. The van der Waals surface area contributed by atoms with Gasteiger partial charge in [0, 0.05) is 22.8 Å². The highest BCUT2D eigenvalue weighted by atomic mass is 35.5. The predicted molar refractivity (Wildman–Crippen MR) is 107 cm³/mol. The average Bonchev–Trinajstić information content (AvgIpc) is 3.32. The van der Waals surface area contributed by atoms with Gasteiger partial charge in [-0.05, 0) is 65.1 Å². The zero-order valence-corrected chi connectivity index (χ0v) is 16.1. The third-order valence-corrected chi connectivity index (χ3v) is 5.18. The van der Waals surface area contributed by atoms with Gasteiger partial charge in [0.25, 0.3) is 0 Å². The van der Waals surface area contributed by atoms with Crippen molar-refractivity contribution in [1.29, 1.82) is 0 Å². The number of nitrogens with zero attached hydrogens (tertiary/aromatic N) is 5. The van der Waals surface area contributed by atoms with Crippen molar-refractivity contribution in [2.45, 2.75) is 25.4 Å². The van der Waals surface area contributed by atoms with Crippen molar-refractivity contribution in [3.05, 3.63) is 81.4 Å². The summed E-state index contributed by atoms with van der Waals surface area (Å²) in [6.07, 6.45) is 4.10. The first-order valence-corrected chi connectivity index (χ1v) is 9.64. The van der Waals surface area contributed by atoms with E-state index in [9.17, 15) is 4.79 Å². The lowest BCUT2D eigenvalue weighted by Gasteiger charge is -2.13. The Balaban J connectivity index is 1.43. The van der Waals surface area contributed by atoms with Gasteiger partial charge in [-0.2, -0.15) is 4.68 Å². The van der Waals surface area contributed by atoms with Crippen LogP contribution < -0.4 is 10.4 Å². The van der Waals surface area contributed by atoms with E-state index >= 15 is 0 Å². The summed E-state index contributed by atoms with van der Waals surface area (Å²) in [5.74, 6) is 0.978. The van der Waals surface area contributed by atoms with Crippen molar-refractivity contribution >= 4 is 11.6 Å². The van der Waals surface area contributed by atoms with E-state index in [0.717, 1.165) is 24.1 Å². The Labute approximate surface area is 170 Å². The summed E-state index contributed by atoms with van der Waals surface area (Å²) in [6.45, 7) is 0.277. The van der Waals surface area contributed by atoms with Crippen molar-refractivity contribution < 1.29 is 4.74 Å². The molecule has 1 N–H and O–H groups in total. The third-order valence-electron chi connectivity index (χ3n) is 4.93. The van der Waals surface area contributed by atoms with Gasteiger partial charge in [0.1, 0.15) is 6.61 Å². The Morgan fingerprint density at radius 3 is 2.69 bits per heavy atom. The van der Waals surface area contributed by atoms with E-state index in [4.69, 9.17) is 16.3 Å². The van der Waals surface area contributed by atoms with Gasteiger partial charge in [-0.1, -0.05) is 23.7 Å². The van der Waals surface area contributed by atoms with Crippen LogP contribution in [0.1, 0.15) is 29.9 Å². The number of ether oxygens (including phenoxy) is 1. The maximum Gasteiger partial charge on any atom is 0.365 e. The lowest BCUT2D eigenvalue weighted by Crippen LogP contribution is -2.19. The molecule has 0 radical (unpaired) electrons. The fourth-order valence-corrected chi connectivity index (χ4v) is 3.47. The van der Waals surface area contributed by atoms with E-state index in [1.807, 2.05) is 42.6 Å². The van der Waals surface area contributed by atoms with Crippen LogP contribution in [-0.4, -0.2) is 30.0 Å². The molecule has 0 unspecified atom stereocenters. The second-order valence-electron chi connectivity index (χ2n) is 6.90. The standard InChI is InChI=1S/C20H17ClN6O2/c21-14-6-8-15(9-7-14)26-11-10-19(23-26)29-12-17-16(13-4-5-13)2-1-3-18(17)27-20(28)22-24-25-27/h1-3,6-11,13H,4-5,12H2,(H,22,25,28). The number of benzene rings is 2. The number of tetrazole rings is 1. The zero-order chi connectivity index (χ0) is 19.8. The number of halogens is 1. The number of aromatic nitrogens is 6. The van der Waals surface area contributed by atoms with Crippen molar-refractivity contribution in [2.75, 3.05) is 0 Å². The molecule has 1 fully saturated rings. The fourth-order valence-electron chi connectivity index (χ4n) is 3.35. The molecular weight excluding hydrogens is 392 g/mol. The van der Waals surface area contributed by atoms with Crippen LogP contribution in [0, 0.1) is 0 Å². The van der Waals surface area contributed by atoms with Gasteiger partial charge in [-0.15, -0.1) is 5.10 Å². The second-order valence-corrected chi connectivity index (χ2v) is 7.34. The first-order valence-electron chi connectivity index (χ1n) is 9.26. The summed E-state index contributed by atoms with van der Waals surface area (Å²) in [5.41, 5.74) is 3.27. The smallest absolute Gasteiger partial charge is 0.365 e. The van der Waals surface area contributed by atoms with Gasteiger partial charge >= 0.3 is 5.69 Å². The number of H-pyrrole nitrogens is 1. The van der Waals surface area contributed by atoms with Crippen LogP contribution >= 0.6 is 11.6 Å². The molecule has 1 saturated carbocycles. The molecule has 0 amide bonds. The molecule has 0 saturated heterocycles. The van der Waals surface area contributed by atoms with Crippen LogP contribution in [0.3, 0.4) is 0 Å². The molecule has 8 nitrogen and oxygen atoms in total. The van der Waals surface area contributed by atoms with E-state index in [1.54, 1.807) is 10.7 Å². The lowest BCUT2D eigenvalue weighted by atomic mass is 10.0. The van der Waals surface area contributed by atoms with Crippen LogP contribution in [0.2, 0.25) is 5.02 Å². The first kappa shape index (κ1) is 17.7. The topological polar surface area (TPSA) is 90.6 Å². The molecule has 2 heterocycles. The molecule has 0 atom stereocenters. The molecule has 1 aliphatic rings. The van der Waals surface area contributed by atoms with Crippen molar-refractivity contribution in [3.8, 4) is 17.3 Å². The SMILES string of the molecule is O=c1[nH]nnn1-c1cccc(C2CC2)c1COc1ccn(-c2ccc(Cl)cc2)n1. The molecule has 0 bridgehead atoms. The van der Waals surface area contributed by atoms with Crippen LogP contribution in [0.4, 0.5) is 0 Å². The van der Waals surface area contributed by atoms with Gasteiger partial charge in [-0.3, -0.25) is 0 Å². The Bertz CT molecular complexity index is 1210. The number of aromatic amines is 1. The normalized spacial score (nSPS) is 13.6. The summed E-state index contributed by atoms with van der Waals surface area (Å²) in [7, 11) is 0. The summed E-state index contributed by atoms with van der Waals surface area (Å²) in [4.78, 5) is 12.0. The van der Waals surface area contributed by atoms with Gasteiger partial charge in [0.15, 0.2) is 0 Å². The molecule has 9 heteroatoms. The van der Waals surface area contributed by atoms with E-state index < -0.39 is 0 Å². The molecule has 2 aromatic heterocycles. The summed E-state index contributed by atoms with van der Waals surface area (Å²) in [6, 6.07) is 15.1. The Morgan fingerprint density at radius 2 is 1.97 bits per heavy atom. The molecule has 2 aromatic carbocycles. The lowest BCUT2D eigenvalue weighted by molar-refractivity contribution is 0.290. The van der Waals surface area contributed by atoms with Gasteiger partial charge < -0.3 is 4.74 Å². The largest absolute Gasteiger partial charge is 0.472 e. The predicted octanol–water partition coefficient (Wildman–Crippen LogP) is 3.25. The quantitative estimate of drug-likeness (QED) is 0.528. The minimum Gasteiger partial charge on any atom is -0.472 e. The fraction of sp³-hybridized carbons (Fsp3) is 0.200. The number of hydrogen-bond acceptors (Lipinski definition) is 5. The maximum absolute atomic E-state index is 12.0. The number of hydrogen-bond donors (Lipinski definition) is 1. The van der Waals surface area contributed by atoms with E-state index in [1.165, 1.54) is 10.2 Å². The highest BCUT2D eigenvalue weighted by Gasteiger charge is 2.28. The third kappa shape index (κ3) is 3.54. The highest BCUT2D eigenvalue weighted by molar-refractivity contribution is 6.30. The Morgan fingerprint density at radius 1 is 1.14 bits per heavy atom. The van der Waals surface area contributed by atoms with Crippen LogP contribution in [0.15, 0.2) is 59.5 Å². The van der Waals surface area contributed by atoms with Crippen LogP contribution in [0.25, 0.3) is 11.4 Å². The Kier molecular flexibility index (Phi) is 4.40. The van der Waals surface area contributed by atoms with Crippen molar-refractivity contribution in [1.82, 2.24) is 30.0 Å². The van der Waals surface area contributed by atoms with Gasteiger partial charge in [0.2, 0.25) is 5.88 Å². The maximum atomic E-state index is 12.0. The van der Waals surface area contributed by atoms with Crippen LogP contribution in [-0.2, 0) is 6.61 Å². The zero-order valence-electron chi connectivity index (χ0n) is 15.3. The summed E-state index contributed by atoms with van der Waals surface area (Å²) < 4.78 is 8.97. The minimum absolute atomic E-state index is 0.277. The molecule has 0 aliphatic heterocycles. The van der Waals surface area contributed by atoms with E-state index in [-0.39, 0.29) is 12.3 Å². The van der Waals surface area contributed by atoms with E-state index in [2.05, 4.69) is 26.7 Å². The van der Waals surface area contributed by atoms with Gasteiger partial charge in [0.05, 0.1) is 11.4 Å². The number of nitrogens with one attached hydrogen (secondary N) is 1. The molecule has 29 heavy (non-hydrogen) atoms. The van der Waals surface area contributed by atoms with Crippen molar-refractivity contribution in [3.63, 3.8) is 0 Å². The number of rotatable bonds is 6. The second kappa shape index (κ2) is 7.21. The van der Waals surface area contributed by atoms with Crippen LogP contribution in [0.5, 0.6) is 5.88 Å². The molecular formula is C20H17ClN6O2. The molecule has 4 aromatic rings. The summed E-state index contributed by atoms with van der Waals surface area (Å²) in [5, 5.41) is 15.0. The molecule has 1 aliphatic carbocycles. The summed E-state index contributed by atoms with van der Waals surface area (Å²) >= 11 is 5.95. The first-order chi connectivity index (χ1) is 14.2.